The number of ether oxygens (including phenoxy) is 2. The predicted octanol–water partition coefficient (Wildman–Crippen LogP) is 2.01. The Labute approximate surface area is 151 Å². The van der Waals surface area contributed by atoms with Crippen LogP contribution in [0.1, 0.15) is 26.2 Å². The highest BCUT2D eigenvalue weighted by atomic mass is 16.6. The number of carbonyl (C=O) groups excluding carboxylic acids is 2. The van der Waals surface area contributed by atoms with E-state index >= 15 is 0 Å². The molecule has 1 aromatic heterocycles. The fourth-order valence-corrected chi connectivity index (χ4v) is 2.25. The zero-order chi connectivity index (χ0) is 18.9. The van der Waals surface area contributed by atoms with Gasteiger partial charge < -0.3 is 19.6 Å². The largest absolute Gasteiger partial charge is 0.754 e. The van der Waals surface area contributed by atoms with Crippen LogP contribution >= 0.6 is 0 Å². The third-order valence-corrected chi connectivity index (χ3v) is 3.64. The molecule has 2 N–H and O–H groups in total. The first-order chi connectivity index (χ1) is 12.5. The summed E-state index contributed by atoms with van der Waals surface area (Å²) in [5.74, 6) is 0.0435. The van der Waals surface area contributed by atoms with E-state index in [1.165, 1.54) is 13.2 Å². The molecule has 0 fully saturated rings. The molecule has 2 amide bonds. The molecule has 2 heterocycles. The van der Waals surface area contributed by atoms with Gasteiger partial charge in [-0.2, -0.15) is 5.32 Å². The Kier molecular flexibility index (Phi) is 7.01. The molecule has 0 saturated carbocycles. The molecule has 0 spiro atoms. The Bertz CT molecular complexity index is 679. The van der Waals surface area contributed by atoms with E-state index in [0.717, 1.165) is 12.8 Å². The zero-order valence-corrected chi connectivity index (χ0v) is 14.9. The lowest BCUT2D eigenvalue weighted by molar-refractivity contribution is -0.577. The van der Waals surface area contributed by atoms with E-state index in [9.17, 15) is 14.8 Å². The number of nitrogens with one attached hydrogen (secondary N) is 2. The summed E-state index contributed by atoms with van der Waals surface area (Å²) in [5, 5.41) is 17.0. The normalized spacial score (nSPS) is 13.2. The Morgan fingerprint density at radius 1 is 1.35 bits per heavy atom. The van der Waals surface area contributed by atoms with Crippen LogP contribution in [0.25, 0.3) is 0 Å². The average Bonchev–Trinajstić information content (AvgIpc) is 2.65. The van der Waals surface area contributed by atoms with Gasteiger partial charge in [-0.1, -0.05) is 30.5 Å². The first kappa shape index (κ1) is 19.3. The number of nitrogens with zero attached hydrogens (tertiary/aromatic N) is 3. The fraction of sp³-hybridized carbons (Fsp3) is 0.500. The smallest absolute Gasteiger partial charge is 0.460 e. The number of unbranched alkanes of at least 4 members (excludes halogenated alkanes) is 1. The van der Waals surface area contributed by atoms with Crippen molar-refractivity contribution in [1.29, 1.82) is 0 Å². The van der Waals surface area contributed by atoms with Crippen molar-refractivity contribution in [2.24, 2.45) is 0 Å². The second kappa shape index (κ2) is 9.44. The van der Waals surface area contributed by atoms with Crippen LogP contribution in [0, 0.1) is 5.21 Å². The molecule has 2 rings (SSSR count). The van der Waals surface area contributed by atoms with Gasteiger partial charge in [0.2, 0.25) is 5.82 Å². The van der Waals surface area contributed by atoms with Gasteiger partial charge in [0.25, 0.3) is 0 Å². The molecule has 10 heteroatoms. The molecular formula is C16H23N5O5. The van der Waals surface area contributed by atoms with Gasteiger partial charge in [-0.3, -0.25) is 0 Å². The average molecular weight is 365 g/mol. The summed E-state index contributed by atoms with van der Waals surface area (Å²) in [6, 6.07) is 1.43. The van der Waals surface area contributed by atoms with Crippen LogP contribution in [-0.4, -0.2) is 44.0 Å². The van der Waals surface area contributed by atoms with Gasteiger partial charge in [-0.05, 0) is 12.8 Å². The highest BCUT2D eigenvalue weighted by molar-refractivity contribution is 5.84. The van der Waals surface area contributed by atoms with Gasteiger partial charge in [0.15, 0.2) is 5.82 Å². The molecular weight excluding hydrogens is 342 g/mol. The molecule has 0 atom stereocenters. The number of hydrogen-bond acceptors (Lipinski definition) is 7. The molecule has 1 aromatic rings. The zero-order valence-electron chi connectivity index (χ0n) is 14.9. The second-order valence-electron chi connectivity index (χ2n) is 5.55. The molecule has 1 aliphatic rings. The van der Waals surface area contributed by atoms with Crippen molar-refractivity contribution in [1.82, 2.24) is 4.98 Å². The summed E-state index contributed by atoms with van der Waals surface area (Å²) >= 11 is 0. The first-order valence-electron chi connectivity index (χ1n) is 8.38. The molecule has 0 unspecified atom stereocenters. The second-order valence-corrected chi connectivity index (χ2v) is 5.55. The highest BCUT2D eigenvalue weighted by Gasteiger charge is 2.22. The number of amides is 2. The molecule has 26 heavy (non-hydrogen) atoms. The van der Waals surface area contributed by atoms with Gasteiger partial charge in [0.05, 0.1) is 19.8 Å². The van der Waals surface area contributed by atoms with Crippen molar-refractivity contribution >= 4 is 29.8 Å². The maximum atomic E-state index is 12.4. The summed E-state index contributed by atoms with van der Waals surface area (Å²) in [6.07, 6.45) is 4.85. The minimum atomic E-state index is -0.804. The molecule has 0 radical (unpaired) electrons. The first-order valence-corrected chi connectivity index (χ1v) is 8.38. The third-order valence-electron chi connectivity index (χ3n) is 3.64. The Morgan fingerprint density at radius 2 is 2.15 bits per heavy atom. The van der Waals surface area contributed by atoms with Crippen LogP contribution in [0.15, 0.2) is 18.2 Å². The van der Waals surface area contributed by atoms with Crippen LogP contribution in [0.2, 0.25) is 0 Å². The van der Waals surface area contributed by atoms with Crippen molar-refractivity contribution in [3.8, 4) is 0 Å². The van der Waals surface area contributed by atoms with E-state index in [0.29, 0.717) is 30.1 Å². The topological polar surface area (TPSA) is 120 Å². The molecule has 1 aliphatic heterocycles. The van der Waals surface area contributed by atoms with E-state index in [1.807, 2.05) is 24.0 Å². The van der Waals surface area contributed by atoms with Crippen LogP contribution in [0.5, 0.6) is 0 Å². The van der Waals surface area contributed by atoms with E-state index in [-0.39, 0.29) is 18.4 Å². The maximum absolute atomic E-state index is 12.4. The van der Waals surface area contributed by atoms with E-state index in [2.05, 4.69) is 20.4 Å². The van der Waals surface area contributed by atoms with Crippen molar-refractivity contribution in [3.05, 3.63) is 23.4 Å². The Balaban J connectivity index is 2.25. The quantitative estimate of drug-likeness (QED) is 0.342. The summed E-state index contributed by atoms with van der Waals surface area (Å²) in [4.78, 5) is 29.4. The SMILES string of the molecule is CCCCOC(=O)Nc1nc(N2CC=CCC2)cc(NC(=O)OC)[n+]1[O-]. The fourth-order valence-electron chi connectivity index (χ4n) is 2.25. The van der Waals surface area contributed by atoms with Crippen molar-refractivity contribution in [2.45, 2.75) is 26.2 Å². The van der Waals surface area contributed by atoms with Crippen molar-refractivity contribution in [3.63, 3.8) is 0 Å². The van der Waals surface area contributed by atoms with Crippen LogP contribution < -0.4 is 20.3 Å². The third kappa shape index (κ3) is 5.23. The Hall–Kier alpha value is -3.04. The number of hydrogen-bond donors (Lipinski definition) is 2. The monoisotopic (exact) mass is 365 g/mol. The van der Waals surface area contributed by atoms with E-state index in [4.69, 9.17) is 4.74 Å². The molecule has 0 bridgehead atoms. The van der Waals surface area contributed by atoms with Gasteiger partial charge in [0, 0.05) is 13.1 Å². The molecule has 142 valence electrons. The molecule has 0 aliphatic carbocycles. The highest BCUT2D eigenvalue weighted by Crippen LogP contribution is 2.19. The molecule has 10 nitrogen and oxygen atoms in total. The van der Waals surface area contributed by atoms with Crippen LogP contribution in [0.3, 0.4) is 0 Å². The predicted molar refractivity (Wildman–Crippen MR) is 95.1 cm³/mol. The summed E-state index contributed by atoms with van der Waals surface area (Å²) in [5.41, 5.74) is 0. The number of rotatable bonds is 6. The number of anilines is 3. The molecule has 0 saturated heterocycles. The van der Waals surface area contributed by atoms with Gasteiger partial charge in [-0.15, -0.1) is 0 Å². The van der Waals surface area contributed by atoms with Gasteiger partial charge >= 0.3 is 18.1 Å². The lowest BCUT2D eigenvalue weighted by atomic mass is 10.2. The summed E-state index contributed by atoms with van der Waals surface area (Å²) in [6.45, 7) is 3.51. The van der Waals surface area contributed by atoms with Crippen LogP contribution in [-0.2, 0) is 9.47 Å². The maximum Gasteiger partial charge on any atom is 0.460 e. The number of aromatic nitrogens is 2. The van der Waals surface area contributed by atoms with Crippen molar-refractivity contribution < 1.29 is 23.8 Å². The minimum absolute atomic E-state index is 0.111. The summed E-state index contributed by atoms with van der Waals surface area (Å²) < 4.78 is 9.82. The standard InChI is InChI=1S/C16H23N5O5/c1-3-4-10-26-16(23)19-14-17-12(20-8-6-5-7-9-20)11-13(21(14)24)18-15(22)25-2/h5-6,11H,3-4,7-10H2,1-2H3,(H,18,22)(H,17,19,23). The number of methoxy groups -OCH3 is 1. The Morgan fingerprint density at radius 3 is 2.81 bits per heavy atom. The lowest BCUT2D eigenvalue weighted by Gasteiger charge is -2.24. The van der Waals surface area contributed by atoms with Gasteiger partial charge in [-0.25, -0.2) is 19.6 Å². The van der Waals surface area contributed by atoms with E-state index in [1.54, 1.807) is 0 Å². The van der Waals surface area contributed by atoms with Gasteiger partial charge in [0.1, 0.15) is 0 Å². The summed E-state index contributed by atoms with van der Waals surface area (Å²) in [7, 11) is 1.19. The minimum Gasteiger partial charge on any atom is -0.754 e. The molecule has 0 aromatic carbocycles. The number of carbonyl (C=O) groups is 2. The van der Waals surface area contributed by atoms with Crippen LogP contribution in [0.4, 0.5) is 27.2 Å². The van der Waals surface area contributed by atoms with Crippen molar-refractivity contribution in [2.75, 3.05) is 42.3 Å². The van der Waals surface area contributed by atoms with E-state index < -0.39 is 12.2 Å². The lowest BCUT2D eigenvalue weighted by Crippen LogP contribution is -2.40.